The van der Waals surface area contributed by atoms with Crippen molar-refractivity contribution in [1.29, 1.82) is 0 Å². The van der Waals surface area contributed by atoms with E-state index in [4.69, 9.17) is 0 Å². The number of allylic oxidation sites excluding steroid dienone is 1. The number of aromatic nitrogens is 1. The van der Waals surface area contributed by atoms with Crippen LogP contribution in [-0.2, 0) is 0 Å². The minimum atomic E-state index is 0.913. The average Bonchev–Trinajstić information content (AvgIpc) is 2.33. The van der Waals surface area contributed by atoms with Crippen LogP contribution >= 0.6 is 21.6 Å². The molecule has 0 radical (unpaired) electrons. The fourth-order valence-electron chi connectivity index (χ4n) is 0.648. The summed E-state index contributed by atoms with van der Waals surface area (Å²) in [5.74, 6) is 0. The van der Waals surface area contributed by atoms with Gasteiger partial charge in [0.1, 0.15) is 10.1 Å². The maximum atomic E-state index is 4.17. The Hall–Kier alpha value is -0.740. The molecule has 0 aliphatic rings. The Balaban J connectivity index is 0.000000673. The Kier molecular flexibility index (Phi) is 10.3. The van der Waals surface area contributed by atoms with Gasteiger partial charge in [0.25, 0.3) is 0 Å². The molecule has 0 bridgehead atoms. The minimum Gasteiger partial charge on any atom is -0.257 e. The van der Waals surface area contributed by atoms with Crippen molar-refractivity contribution in [3.8, 4) is 0 Å². The third-order valence-corrected chi connectivity index (χ3v) is 3.56. The van der Waals surface area contributed by atoms with Crippen molar-refractivity contribution >= 4 is 28.3 Å². The lowest BCUT2D eigenvalue weighted by atomic mass is 10.5. The molecule has 0 atom stereocenters. The quantitative estimate of drug-likeness (QED) is 0.570. The first-order valence-electron chi connectivity index (χ1n) is 5.17. The predicted molar refractivity (Wildman–Crippen MR) is 77.0 cm³/mol. The fraction of sp³-hybridized carbons (Fsp3) is 0.333. The van der Waals surface area contributed by atoms with E-state index in [1.54, 1.807) is 27.8 Å². The maximum Gasteiger partial charge on any atom is 0.107 e. The van der Waals surface area contributed by atoms with Crippen LogP contribution < -0.4 is 0 Å². The minimum absolute atomic E-state index is 0.913. The summed E-state index contributed by atoms with van der Waals surface area (Å²) in [4.78, 5) is 8.02. The van der Waals surface area contributed by atoms with Crippen LogP contribution in [0.2, 0.25) is 0 Å². The van der Waals surface area contributed by atoms with Crippen molar-refractivity contribution in [2.75, 3.05) is 0 Å². The Morgan fingerprint density at radius 2 is 2.19 bits per heavy atom. The summed E-state index contributed by atoms with van der Waals surface area (Å²) < 4.78 is 0. The van der Waals surface area contributed by atoms with E-state index in [1.165, 1.54) is 6.42 Å². The van der Waals surface area contributed by atoms with E-state index < -0.39 is 0 Å². The standard InChI is InChI=1S/C9H10N2S2.C3H8/c1-3-8(10-2)12-13-9-6-4-5-7-11-9;1-3-2/h3-7H,2H2,1H3;3H2,1-2H3/b8-3+;. The molecule has 88 valence electrons. The Morgan fingerprint density at radius 1 is 1.50 bits per heavy atom. The highest BCUT2D eigenvalue weighted by atomic mass is 33.1. The molecular weight excluding hydrogens is 236 g/mol. The van der Waals surface area contributed by atoms with E-state index in [-0.39, 0.29) is 0 Å². The van der Waals surface area contributed by atoms with Gasteiger partial charge in [0.15, 0.2) is 0 Å². The van der Waals surface area contributed by atoms with E-state index in [2.05, 4.69) is 30.5 Å². The molecule has 0 fully saturated rings. The summed E-state index contributed by atoms with van der Waals surface area (Å²) in [6.07, 6.45) is 4.95. The molecule has 0 unspecified atom stereocenters. The molecule has 0 N–H and O–H groups in total. The summed E-state index contributed by atoms with van der Waals surface area (Å²) in [5.41, 5.74) is 0. The summed E-state index contributed by atoms with van der Waals surface area (Å²) >= 11 is 0. The molecule has 1 heterocycles. The lowest BCUT2D eigenvalue weighted by Gasteiger charge is -1.98. The third kappa shape index (κ3) is 7.54. The van der Waals surface area contributed by atoms with Gasteiger partial charge in [-0.1, -0.05) is 32.4 Å². The van der Waals surface area contributed by atoms with Gasteiger partial charge >= 0.3 is 0 Å². The van der Waals surface area contributed by atoms with Crippen molar-refractivity contribution < 1.29 is 0 Å². The summed E-state index contributed by atoms with van der Waals surface area (Å²) in [6.45, 7) is 9.66. The lowest BCUT2D eigenvalue weighted by molar-refractivity contribution is 1.09. The molecule has 1 aromatic heterocycles. The number of hydrogen-bond acceptors (Lipinski definition) is 4. The van der Waals surface area contributed by atoms with Crippen LogP contribution in [0.5, 0.6) is 0 Å². The second-order valence-corrected chi connectivity index (χ2v) is 5.00. The van der Waals surface area contributed by atoms with Gasteiger partial charge in [-0.2, -0.15) is 0 Å². The van der Waals surface area contributed by atoms with Crippen LogP contribution in [-0.4, -0.2) is 11.7 Å². The first kappa shape index (κ1) is 15.3. The van der Waals surface area contributed by atoms with E-state index in [0.29, 0.717) is 0 Å². The molecule has 0 amide bonds. The summed E-state index contributed by atoms with van der Waals surface area (Å²) in [6, 6.07) is 5.83. The SMILES string of the molecule is C=N/C(=C\C)SSc1ccccn1.CCC. The van der Waals surface area contributed by atoms with Crippen molar-refractivity contribution in [3.63, 3.8) is 0 Å². The fourth-order valence-corrected chi connectivity index (χ4v) is 2.46. The van der Waals surface area contributed by atoms with Crippen LogP contribution in [0.3, 0.4) is 0 Å². The zero-order valence-electron chi connectivity index (χ0n) is 10.0. The van der Waals surface area contributed by atoms with Crippen LogP contribution in [0.1, 0.15) is 27.2 Å². The van der Waals surface area contributed by atoms with Crippen molar-refractivity contribution in [3.05, 3.63) is 35.5 Å². The van der Waals surface area contributed by atoms with Gasteiger partial charge < -0.3 is 0 Å². The normalized spacial score (nSPS) is 10.3. The van der Waals surface area contributed by atoms with Gasteiger partial charge in [0, 0.05) is 6.20 Å². The van der Waals surface area contributed by atoms with Gasteiger partial charge in [-0.3, -0.25) is 4.99 Å². The van der Waals surface area contributed by atoms with E-state index in [1.807, 2.05) is 31.2 Å². The maximum absolute atomic E-state index is 4.17. The highest BCUT2D eigenvalue weighted by molar-refractivity contribution is 8.78. The molecule has 1 aromatic rings. The predicted octanol–water partition coefficient (Wildman–Crippen LogP) is 4.80. The van der Waals surface area contributed by atoms with E-state index in [9.17, 15) is 0 Å². The first-order chi connectivity index (χ1) is 7.78. The smallest absolute Gasteiger partial charge is 0.107 e. The molecule has 16 heavy (non-hydrogen) atoms. The highest BCUT2D eigenvalue weighted by Crippen LogP contribution is 2.35. The highest BCUT2D eigenvalue weighted by Gasteiger charge is 1.96. The lowest BCUT2D eigenvalue weighted by Crippen LogP contribution is -1.73. The van der Waals surface area contributed by atoms with E-state index >= 15 is 0 Å². The first-order valence-corrected chi connectivity index (χ1v) is 7.32. The second-order valence-electron chi connectivity index (χ2n) is 2.83. The molecule has 1 rings (SSSR count). The molecule has 0 spiro atoms. The number of pyridine rings is 1. The second kappa shape index (κ2) is 10.8. The molecule has 0 aromatic carbocycles. The topological polar surface area (TPSA) is 25.2 Å². The summed E-state index contributed by atoms with van der Waals surface area (Å²) in [7, 11) is 3.14. The van der Waals surface area contributed by atoms with Gasteiger partial charge in [0.2, 0.25) is 0 Å². The number of nitrogens with zero attached hydrogens (tertiary/aromatic N) is 2. The third-order valence-electron chi connectivity index (χ3n) is 1.25. The molecular formula is C12H18N2S2. The Morgan fingerprint density at radius 3 is 2.62 bits per heavy atom. The molecule has 0 aliphatic carbocycles. The van der Waals surface area contributed by atoms with Gasteiger partial charge in [-0.25, -0.2) is 4.98 Å². The molecule has 0 aliphatic heterocycles. The van der Waals surface area contributed by atoms with Crippen LogP contribution in [0.15, 0.2) is 45.5 Å². The van der Waals surface area contributed by atoms with Crippen LogP contribution in [0.25, 0.3) is 0 Å². The largest absolute Gasteiger partial charge is 0.257 e. The molecule has 2 nitrogen and oxygen atoms in total. The zero-order chi connectivity index (χ0) is 12.2. The molecule has 0 saturated heterocycles. The van der Waals surface area contributed by atoms with Crippen molar-refractivity contribution in [1.82, 2.24) is 4.98 Å². The summed E-state index contributed by atoms with van der Waals surface area (Å²) in [5, 5.41) is 1.89. The number of hydrogen-bond donors (Lipinski definition) is 0. The van der Waals surface area contributed by atoms with Crippen LogP contribution in [0.4, 0.5) is 0 Å². The van der Waals surface area contributed by atoms with Gasteiger partial charge in [0.05, 0.1) is 0 Å². The van der Waals surface area contributed by atoms with Crippen LogP contribution in [0, 0.1) is 0 Å². The average molecular weight is 254 g/mol. The monoisotopic (exact) mass is 254 g/mol. The molecule has 4 heteroatoms. The van der Waals surface area contributed by atoms with Gasteiger partial charge in [-0.15, -0.1) is 0 Å². The van der Waals surface area contributed by atoms with Crippen molar-refractivity contribution in [2.24, 2.45) is 4.99 Å². The number of aliphatic imine (C=N–C) groups is 1. The Labute approximate surface area is 106 Å². The van der Waals surface area contributed by atoms with E-state index in [0.717, 1.165) is 10.1 Å². The van der Waals surface area contributed by atoms with Gasteiger partial charge in [-0.05, 0) is 47.4 Å². The molecule has 0 saturated carbocycles. The zero-order valence-corrected chi connectivity index (χ0v) is 11.6. The number of rotatable bonds is 4. The Bertz CT molecular complexity index is 310. The van der Waals surface area contributed by atoms with Crippen molar-refractivity contribution in [2.45, 2.75) is 32.2 Å².